The van der Waals surface area contributed by atoms with Gasteiger partial charge in [-0.1, -0.05) is 60.2 Å². The SMILES string of the molecule is O=C(NCCC1=CCCCC1)[C@@H](Cc1ccccc1)N1Cc2ccccc2C1=O. The van der Waals surface area contributed by atoms with Gasteiger partial charge in [-0.15, -0.1) is 0 Å². The van der Waals surface area contributed by atoms with Gasteiger partial charge in [0, 0.05) is 25.1 Å². The molecule has 1 aliphatic heterocycles. The minimum absolute atomic E-state index is 0.0494. The van der Waals surface area contributed by atoms with E-state index < -0.39 is 6.04 Å². The Hall–Kier alpha value is -2.88. The minimum Gasteiger partial charge on any atom is -0.354 e. The molecule has 2 amide bonds. The second-order valence-electron chi connectivity index (χ2n) is 7.94. The first kappa shape index (κ1) is 19.4. The summed E-state index contributed by atoms with van der Waals surface area (Å²) in [6, 6.07) is 17.1. The number of benzene rings is 2. The predicted molar refractivity (Wildman–Crippen MR) is 114 cm³/mol. The lowest BCUT2D eigenvalue weighted by Gasteiger charge is -2.27. The van der Waals surface area contributed by atoms with E-state index in [2.05, 4.69) is 11.4 Å². The van der Waals surface area contributed by atoms with Gasteiger partial charge in [0.1, 0.15) is 6.04 Å². The molecule has 0 bridgehead atoms. The number of hydrogen-bond acceptors (Lipinski definition) is 2. The number of hydrogen-bond donors (Lipinski definition) is 1. The van der Waals surface area contributed by atoms with Crippen LogP contribution in [0, 0.1) is 0 Å². The second-order valence-corrected chi connectivity index (χ2v) is 7.94. The number of carbonyl (C=O) groups is 2. The van der Waals surface area contributed by atoms with Crippen LogP contribution in [0.5, 0.6) is 0 Å². The number of fused-ring (bicyclic) bond motifs is 1. The van der Waals surface area contributed by atoms with Crippen molar-refractivity contribution in [2.45, 2.75) is 51.1 Å². The zero-order valence-electron chi connectivity index (χ0n) is 16.8. The summed E-state index contributed by atoms with van der Waals surface area (Å²) in [5, 5.41) is 3.10. The number of rotatable bonds is 7. The maximum Gasteiger partial charge on any atom is 0.255 e. The van der Waals surface area contributed by atoms with E-state index >= 15 is 0 Å². The quantitative estimate of drug-likeness (QED) is 0.721. The maximum atomic E-state index is 13.1. The van der Waals surface area contributed by atoms with Crippen molar-refractivity contribution >= 4 is 11.8 Å². The molecule has 4 rings (SSSR count). The normalized spacial score (nSPS) is 16.9. The van der Waals surface area contributed by atoms with Crippen LogP contribution in [-0.2, 0) is 17.8 Å². The summed E-state index contributed by atoms with van der Waals surface area (Å²) in [6.07, 6.45) is 8.55. The van der Waals surface area contributed by atoms with Crippen molar-refractivity contribution in [3.8, 4) is 0 Å². The molecule has 4 nitrogen and oxygen atoms in total. The summed E-state index contributed by atoms with van der Waals surface area (Å²) in [5.74, 6) is -0.113. The lowest BCUT2D eigenvalue weighted by atomic mass is 9.97. The van der Waals surface area contributed by atoms with Crippen molar-refractivity contribution in [1.82, 2.24) is 10.2 Å². The number of allylic oxidation sites excluding steroid dienone is 1. The van der Waals surface area contributed by atoms with Crippen LogP contribution in [0.2, 0.25) is 0 Å². The lowest BCUT2D eigenvalue weighted by molar-refractivity contribution is -0.125. The third kappa shape index (κ3) is 4.58. The molecule has 2 aromatic carbocycles. The largest absolute Gasteiger partial charge is 0.354 e. The average molecular weight is 389 g/mol. The first-order chi connectivity index (χ1) is 14.2. The Morgan fingerprint density at radius 1 is 1.03 bits per heavy atom. The van der Waals surface area contributed by atoms with Crippen LogP contribution in [0.4, 0.5) is 0 Å². The minimum atomic E-state index is -0.502. The van der Waals surface area contributed by atoms with Crippen LogP contribution in [0.25, 0.3) is 0 Å². The van der Waals surface area contributed by atoms with Gasteiger partial charge in [0.15, 0.2) is 0 Å². The highest BCUT2D eigenvalue weighted by atomic mass is 16.2. The van der Waals surface area contributed by atoms with Crippen LogP contribution in [0.3, 0.4) is 0 Å². The average Bonchev–Trinajstić information content (AvgIpc) is 3.10. The van der Waals surface area contributed by atoms with Crippen molar-refractivity contribution in [3.63, 3.8) is 0 Å². The van der Waals surface area contributed by atoms with Crippen LogP contribution < -0.4 is 5.32 Å². The van der Waals surface area contributed by atoms with Gasteiger partial charge in [0.25, 0.3) is 5.91 Å². The van der Waals surface area contributed by atoms with Gasteiger partial charge in [0.2, 0.25) is 5.91 Å². The summed E-state index contributed by atoms with van der Waals surface area (Å²) < 4.78 is 0. The van der Waals surface area contributed by atoms with Crippen LogP contribution >= 0.6 is 0 Å². The molecule has 1 N–H and O–H groups in total. The standard InChI is InChI=1S/C25H28N2O2/c28-24(26-16-15-19-9-3-1-4-10-19)23(17-20-11-5-2-6-12-20)27-18-21-13-7-8-14-22(21)25(27)29/h2,5-9,11-14,23H,1,3-4,10,15-18H2,(H,26,28)/t23-/m1/s1. The Balaban J connectivity index is 1.47. The van der Waals surface area contributed by atoms with E-state index in [0.29, 0.717) is 25.1 Å². The smallest absolute Gasteiger partial charge is 0.255 e. The van der Waals surface area contributed by atoms with Gasteiger partial charge in [-0.05, 0) is 49.3 Å². The lowest BCUT2D eigenvalue weighted by Crippen LogP contribution is -2.48. The van der Waals surface area contributed by atoms with Gasteiger partial charge >= 0.3 is 0 Å². The van der Waals surface area contributed by atoms with Crippen molar-refractivity contribution in [2.75, 3.05) is 6.54 Å². The van der Waals surface area contributed by atoms with Gasteiger partial charge in [-0.3, -0.25) is 9.59 Å². The molecule has 1 atom stereocenters. The highest BCUT2D eigenvalue weighted by Gasteiger charge is 2.36. The molecular formula is C25H28N2O2. The highest BCUT2D eigenvalue weighted by molar-refractivity contribution is 6.01. The van der Waals surface area contributed by atoms with E-state index in [1.54, 1.807) is 4.90 Å². The molecule has 0 unspecified atom stereocenters. The van der Waals surface area contributed by atoms with Crippen molar-refractivity contribution in [2.24, 2.45) is 0 Å². The van der Waals surface area contributed by atoms with Crippen molar-refractivity contribution in [1.29, 1.82) is 0 Å². The first-order valence-electron chi connectivity index (χ1n) is 10.6. The molecule has 4 heteroatoms. The predicted octanol–water partition coefficient (Wildman–Crippen LogP) is 4.26. The molecular weight excluding hydrogens is 360 g/mol. The molecule has 1 aliphatic carbocycles. The fourth-order valence-electron chi connectivity index (χ4n) is 4.31. The first-order valence-corrected chi connectivity index (χ1v) is 10.6. The van der Waals surface area contributed by atoms with Gasteiger partial charge in [0.05, 0.1) is 0 Å². The third-order valence-electron chi connectivity index (χ3n) is 5.93. The van der Waals surface area contributed by atoms with Crippen LogP contribution in [0.1, 0.15) is 53.6 Å². The van der Waals surface area contributed by atoms with E-state index in [4.69, 9.17) is 0 Å². The number of nitrogens with one attached hydrogen (secondary N) is 1. The molecule has 0 radical (unpaired) electrons. The topological polar surface area (TPSA) is 49.4 Å². The Morgan fingerprint density at radius 3 is 2.59 bits per heavy atom. The maximum absolute atomic E-state index is 13.1. The molecule has 0 saturated carbocycles. The molecule has 1 heterocycles. The Bertz CT molecular complexity index is 904. The second kappa shape index (κ2) is 9.08. The van der Waals surface area contributed by atoms with E-state index in [0.717, 1.165) is 30.4 Å². The molecule has 2 aliphatic rings. The van der Waals surface area contributed by atoms with Crippen LogP contribution in [-0.4, -0.2) is 29.3 Å². The summed E-state index contributed by atoms with van der Waals surface area (Å²) in [4.78, 5) is 27.9. The van der Waals surface area contributed by atoms with E-state index in [-0.39, 0.29) is 11.8 Å². The number of amides is 2. The summed E-state index contributed by atoms with van der Waals surface area (Å²) >= 11 is 0. The van der Waals surface area contributed by atoms with Crippen LogP contribution in [0.15, 0.2) is 66.2 Å². The third-order valence-corrected chi connectivity index (χ3v) is 5.93. The summed E-state index contributed by atoms with van der Waals surface area (Å²) in [7, 11) is 0. The summed E-state index contributed by atoms with van der Waals surface area (Å²) in [6.45, 7) is 1.12. The molecule has 0 spiro atoms. The molecule has 2 aromatic rings. The fourth-order valence-corrected chi connectivity index (χ4v) is 4.31. The van der Waals surface area contributed by atoms with Gasteiger partial charge in [-0.2, -0.15) is 0 Å². The van der Waals surface area contributed by atoms with Crippen molar-refractivity contribution in [3.05, 3.63) is 82.9 Å². The number of nitrogens with zero attached hydrogens (tertiary/aromatic N) is 1. The number of carbonyl (C=O) groups excluding carboxylic acids is 2. The van der Waals surface area contributed by atoms with Gasteiger partial charge in [-0.25, -0.2) is 0 Å². The van der Waals surface area contributed by atoms with E-state index in [9.17, 15) is 9.59 Å². The highest BCUT2D eigenvalue weighted by Crippen LogP contribution is 2.26. The van der Waals surface area contributed by atoms with E-state index in [1.807, 2.05) is 54.6 Å². The Labute approximate surface area is 172 Å². The zero-order valence-corrected chi connectivity index (χ0v) is 16.8. The van der Waals surface area contributed by atoms with Gasteiger partial charge < -0.3 is 10.2 Å². The van der Waals surface area contributed by atoms with E-state index in [1.165, 1.54) is 18.4 Å². The van der Waals surface area contributed by atoms with Crippen molar-refractivity contribution < 1.29 is 9.59 Å². The Morgan fingerprint density at radius 2 is 1.83 bits per heavy atom. The fraction of sp³-hybridized carbons (Fsp3) is 0.360. The molecule has 150 valence electrons. The molecule has 0 saturated heterocycles. The monoisotopic (exact) mass is 388 g/mol. The summed E-state index contributed by atoms with van der Waals surface area (Å²) in [5.41, 5.74) is 4.22. The molecule has 0 fully saturated rings. The molecule has 29 heavy (non-hydrogen) atoms. The molecule has 0 aromatic heterocycles. The Kier molecular flexibility index (Phi) is 6.09. The zero-order chi connectivity index (χ0) is 20.1.